The van der Waals surface area contributed by atoms with Crippen molar-refractivity contribution >= 4 is 40.1 Å². The number of ether oxygens (including phenoxy) is 1. The van der Waals surface area contributed by atoms with Crippen LogP contribution >= 0.6 is 11.6 Å². The van der Waals surface area contributed by atoms with Crippen LogP contribution in [0.4, 0.5) is 30.6 Å². The van der Waals surface area contributed by atoms with Gasteiger partial charge in [0, 0.05) is 25.3 Å². The van der Waals surface area contributed by atoms with E-state index in [0.29, 0.717) is 16.9 Å². The number of nitrogens with zero attached hydrogens (tertiary/aromatic N) is 5. The maximum Gasteiger partial charge on any atom is 0.418 e. The van der Waals surface area contributed by atoms with Crippen LogP contribution < -0.4 is 10.6 Å². The molecule has 13 heteroatoms. The number of fused-ring (bicyclic) bond motifs is 1. The van der Waals surface area contributed by atoms with E-state index < -0.39 is 11.7 Å². The summed E-state index contributed by atoms with van der Waals surface area (Å²) in [6.07, 6.45) is 1.66. The summed E-state index contributed by atoms with van der Waals surface area (Å²) in [5, 5.41) is 11.0. The summed E-state index contributed by atoms with van der Waals surface area (Å²) in [6, 6.07) is 0.807. The van der Waals surface area contributed by atoms with Crippen molar-refractivity contribution in [3.05, 3.63) is 23.1 Å². The quantitative estimate of drug-likeness (QED) is 0.471. The highest BCUT2D eigenvalue weighted by Crippen LogP contribution is 2.39. The van der Waals surface area contributed by atoms with Gasteiger partial charge in [0.15, 0.2) is 5.15 Å². The zero-order chi connectivity index (χ0) is 23.4. The topological polar surface area (TPSA) is 95.9 Å². The normalized spacial score (nSPS) is 20.6. The summed E-state index contributed by atoms with van der Waals surface area (Å²) in [7, 11) is 0. The van der Waals surface area contributed by atoms with E-state index in [1.165, 1.54) is 0 Å². The number of likely N-dealkylation sites (tertiary alicyclic amines) is 1. The third-order valence-electron chi connectivity index (χ3n) is 6.72. The predicted molar refractivity (Wildman–Crippen MR) is 121 cm³/mol. The lowest BCUT2D eigenvalue weighted by Gasteiger charge is -2.41. The zero-order valence-corrected chi connectivity index (χ0v) is 19.0. The summed E-state index contributed by atoms with van der Waals surface area (Å²) in [5.74, 6) is 0.298. The lowest BCUT2D eigenvalue weighted by atomic mass is 10.0. The SMILES string of the molecule is FC(F)(F)c1c[nH]c2nc(Nc3cnn(C4CCN(C5COC5)CC4)c3Cl)nc(NC3CC3)c12. The molecule has 0 amide bonds. The Morgan fingerprint density at radius 2 is 1.85 bits per heavy atom. The number of hydrogen-bond acceptors (Lipinski definition) is 7. The molecule has 182 valence electrons. The molecule has 0 aromatic carbocycles. The van der Waals surface area contributed by atoms with Crippen molar-refractivity contribution < 1.29 is 17.9 Å². The Morgan fingerprint density at radius 1 is 1.09 bits per heavy atom. The molecule has 0 atom stereocenters. The van der Waals surface area contributed by atoms with Crippen LogP contribution in [-0.4, -0.2) is 68.0 Å². The predicted octanol–water partition coefficient (Wildman–Crippen LogP) is 4.18. The van der Waals surface area contributed by atoms with Crippen molar-refractivity contribution in [3.8, 4) is 0 Å². The molecule has 0 unspecified atom stereocenters. The van der Waals surface area contributed by atoms with Crippen LogP contribution in [0.25, 0.3) is 11.0 Å². The molecule has 34 heavy (non-hydrogen) atoms. The Hall–Kier alpha value is -2.57. The maximum absolute atomic E-state index is 13.5. The molecule has 3 N–H and O–H groups in total. The first-order chi connectivity index (χ1) is 16.4. The highest BCUT2D eigenvalue weighted by molar-refractivity contribution is 6.32. The van der Waals surface area contributed by atoms with E-state index in [-0.39, 0.29) is 34.9 Å². The lowest BCUT2D eigenvalue weighted by Crippen LogP contribution is -2.51. The minimum absolute atomic E-state index is 0.0598. The van der Waals surface area contributed by atoms with Gasteiger partial charge in [-0.05, 0) is 25.7 Å². The number of anilines is 3. The second kappa shape index (κ2) is 8.28. The number of aromatic nitrogens is 5. The smallest absolute Gasteiger partial charge is 0.378 e. The lowest BCUT2D eigenvalue weighted by molar-refractivity contribution is -0.136. The molecule has 1 saturated carbocycles. The van der Waals surface area contributed by atoms with Gasteiger partial charge < -0.3 is 20.4 Å². The molecule has 2 saturated heterocycles. The number of piperidine rings is 1. The molecule has 2 aliphatic heterocycles. The molecule has 5 heterocycles. The monoisotopic (exact) mass is 496 g/mol. The van der Waals surface area contributed by atoms with Crippen molar-refractivity contribution in [2.45, 2.75) is 50.0 Å². The van der Waals surface area contributed by atoms with Crippen molar-refractivity contribution in [1.29, 1.82) is 0 Å². The minimum Gasteiger partial charge on any atom is -0.378 e. The van der Waals surface area contributed by atoms with Crippen LogP contribution in [0.15, 0.2) is 12.4 Å². The van der Waals surface area contributed by atoms with E-state index in [2.05, 4.69) is 35.6 Å². The van der Waals surface area contributed by atoms with E-state index >= 15 is 0 Å². The number of rotatable bonds is 6. The summed E-state index contributed by atoms with van der Waals surface area (Å²) >= 11 is 6.64. The number of aromatic amines is 1. The second-order valence-electron chi connectivity index (χ2n) is 9.12. The van der Waals surface area contributed by atoms with Gasteiger partial charge in [-0.3, -0.25) is 4.90 Å². The van der Waals surface area contributed by atoms with E-state index in [1.807, 2.05) is 0 Å². The average Bonchev–Trinajstić information content (AvgIpc) is 3.34. The van der Waals surface area contributed by atoms with Crippen molar-refractivity contribution in [1.82, 2.24) is 29.6 Å². The Balaban J connectivity index is 1.23. The van der Waals surface area contributed by atoms with Gasteiger partial charge in [0.25, 0.3) is 0 Å². The van der Waals surface area contributed by atoms with Crippen LogP contribution in [0.5, 0.6) is 0 Å². The molecule has 3 aliphatic rings. The van der Waals surface area contributed by atoms with Crippen LogP contribution in [0.3, 0.4) is 0 Å². The molecule has 0 spiro atoms. The summed E-state index contributed by atoms with van der Waals surface area (Å²) in [6.45, 7) is 3.52. The van der Waals surface area contributed by atoms with Crippen LogP contribution in [0.1, 0.15) is 37.3 Å². The maximum atomic E-state index is 13.5. The second-order valence-corrected chi connectivity index (χ2v) is 9.47. The molecule has 3 aromatic rings. The Bertz CT molecular complexity index is 1190. The summed E-state index contributed by atoms with van der Waals surface area (Å²) < 4.78 is 47.6. The molecular weight excluding hydrogens is 473 g/mol. The molecule has 3 aromatic heterocycles. The fraction of sp³-hybridized carbons (Fsp3) is 0.571. The first-order valence-electron chi connectivity index (χ1n) is 11.4. The Morgan fingerprint density at radius 3 is 2.50 bits per heavy atom. The molecule has 9 nitrogen and oxygen atoms in total. The van der Waals surface area contributed by atoms with E-state index in [9.17, 15) is 13.2 Å². The molecule has 1 aliphatic carbocycles. The number of alkyl halides is 3. The van der Waals surface area contributed by atoms with Gasteiger partial charge in [0.2, 0.25) is 5.95 Å². The summed E-state index contributed by atoms with van der Waals surface area (Å²) in [4.78, 5) is 13.7. The van der Waals surface area contributed by atoms with Crippen LogP contribution in [-0.2, 0) is 10.9 Å². The third kappa shape index (κ3) is 4.07. The van der Waals surface area contributed by atoms with Gasteiger partial charge in [-0.2, -0.15) is 28.2 Å². The number of halogens is 4. The van der Waals surface area contributed by atoms with Gasteiger partial charge >= 0.3 is 6.18 Å². The van der Waals surface area contributed by atoms with Crippen molar-refractivity contribution in [2.24, 2.45) is 0 Å². The summed E-state index contributed by atoms with van der Waals surface area (Å²) in [5.41, 5.74) is -0.178. The van der Waals surface area contributed by atoms with Crippen molar-refractivity contribution in [2.75, 3.05) is 36.9 Å². The molecule has 6 rings (SSSR count). The van der Waals surface area contributed by atoms with Gasteiger partial charge in [0.05, 0.1) is 48.1 Å². The van der Waals surface area contributed by atoms with E-state index in [0.717, 1.165) is 58.2 Å². The first-order valence-corrected chi connectivity index (χ1v) is 11.8. The highest BCUT2D eigenvalue weighted by Gasteiger charge is 2.36. The Labute approximate surface area is 198 Å². The number of hydrogen-bond donors (Lipinski definition) is 3. The van der Waals surface area contributed by atoms with E-state index in [1.54, 1.807) is 10.9 Å². The first kappa shape index (κ1) is 21.9. The number of H-pyrrole nitrogens is 1. The molecular formula is C21H24ClF3N8O. The molecule has 0 radical (unpaired) electrons. The Kier molecular flexibility index (Phi) is 5.34. The minimum atomic E-state index is -4.51. The highest BCUT2D eigenvalue weighted by atomic mass is 35.5. The van der Waals surface area contributed by atoms with E-state index in [4.69, 9.17) is 16.3 Å². The largest absolute Gasteiger partial charge is 0.418 e. The molecule has 0 bridgehead atoms. The van der Waals surface area contributed by atoms with Gasteiger partial charge in [0.1, 0.15) is 11.5 Å². The number of nitrogens with one attached hydrogen (secondary N) is 3. The fourth-order valence-corrected chi connectivity index (χ4v) is 4.85. The van der Waals surface area contributed by atoms with Gasteiger partial charge in [-0.25, -0.2) is 4.68 Å². The van der Waals surface area contributed by atoms with Crippen LogP contribution in [0.2, 0.25) is 5.15 Å². The zero-order valence-electron chi connectivity index (χ0n) is 18.2. The molecule has 3 fully saturated rings. The fourth-order valence-electron chi connectivity index (χ4n) is 4.57. The van der Waals surface area contributed by atoms with Crippen LogP contribution in [0, 0.1) is 0 Å². The van der Waals surface area contributed by atoms with Gasteiger partial charge in [-0.1, -0.05) is 11.6 Å². The van der Waals surface area contributed by atoms with Gasteiger partial charge in [-0.15, -0.1) is 0 Å². The standard InChI is InChI=1S/C21H24ClF3N8O/c22-17-15(8-27-33(17)12-3-5-32(6-4-12)13-9-34-10-13)29-20-30-18-16(14(7-26-18)21(23,24)25)19(31-20)28-11-1-2-11/h7-8,11-13H,1-6,9-10H2,(H3,26,28,29,30,31). The average molecular weight is 497 g/mol. The van der Waals surface area contributed by atoms with Crippen molar-refractivity contribution in [3.63, 3.8) is 0 Å². The third-order valence-corrected chi connectivity index (χ3v) is 7.09.